The highest BCUT2D eigenvalue weighted by atomic mass is 16.1. The molecule has 2 N–H and O–H groups in total. The minimum absolute atomic E-state index is 0.206. The number of benzene rings is 2. The highest BCUT2D eigenvalue weighted by Gasteiger charge is 2.18. The molecule has 0 spiro atoms. The lowest BCUT2D eigenvalue weighted by atomic mass is 10.0. The zero-order chi connectivity index (χ0) is 16.7. The maximum absolute atomic E-state index is 12.6. The van der Waals surface area contributed by atoms with Gasteiger partial charge in [-0.2, -0.15) is 20.7 Å². The van der Waals surface area contributed by atoms with Gasteiger partial charge in [0.05, 0.1) is 17.7 Å². The van der Waals surface area contributed by atoms with Gasteiger partial charge < -0.3 is 5.32 Å². The number of aromatic nitrogens is 3. The molecular weight excluding hydrogens is 304 g/mol. The SMILES string of the molecule is CC1=NCc2ccc(NC(=O)c3ccc4n[nH]nc4c3C#N)cc21. The fourth-order valence-electron chi connectivity index (χ4n) is 2.83. The van der Waals surface area contributed by atoms with Gasteiger partial charge in [-0.1, -0.05) is 6.07 Å². The van der Waals surface area contributed by atoms with Gasteiger partial charge in [0, 0.05) is 17.0 Å². The predicted octanol–water partition coefficient (Wildman–Crippen LogP) is 2.40. The van der Waals surface area contributed by atoms with Gasteiger partial charge in [0.15, 0.2) is 0 Å². The third-order valence-electron chi connectivity index (χ3n) is 4.09. The molecule has 1 aromatic heterocycles. The first kappa shape index (κ1) is 14.1. The number of aromatic amines is 1. The second-order valence-corrected chi connectivity index (χ2v) is 5.52. The molecule has 0 saturated heterocycles. The summed E-state index contributed by atoms with van der Waals surface area (Å²) in [6.07, 6.45) is 0. The summed E-state index contributed by atoms with van der Waals surface area (Å²) in [6.45, 7) is 2.63. The first-order valence-electron chi connectivity index (χ1n) is 7.36. The van der Waals surface area contributed by atoms with Crippen molar-refractivity contribution in [1.29, 1.82) is 5.26 Å². The van der Waals surface area contributed by atoms with Crippen molar-refractivity contribution in [1.82, 2.24) is 15.4 Å². The minimum Gasteiger partial charge on any atom is -0.322 e. The quantitative estimate of drug-likeness (QED) is 0.757. The third-order valence-corrected chi connectivity index (χ3v) is 4.09. The number of hydrogen-bond donors (Lipinski definition) is 2. The van der Waals surface area contributed by atoms with Crippen LogP contribution in [0.4, 0.5) is 5.69 Å². The Morgan fingerprint density at radius 1 is 1.29 bits per heavy atom. The van der Waals surface area contributed by atoms with E-state index in [2.05, 4.69) is 25.7 Å². The summed E-state index contributed by atoms with van der Waals surface area (Å²) in [6, 6.07) is 11.0. The average Bonchev–Trinajstić information content (AvgIpc) is 3.21. The second kappa shape index (κ2) is 5.28. The monoisotopic (exact) mass is 316 g/mol. The molecule has 3 aromatic rings. The maximum Gasteiger partial charge on any atom is 0.257 e. The zero-order valence-corrected chi connectivity index (χ0v) is 12.8. The number of aliphatic imine (C=N–C) groups is 1. The number of fused-ring (bicyclic) bond motifs is 2. The van der Waals surface area contributed by atoms with Crippen LogP contribution in [0.1, 0.15) is 34.0 Å². The van der Waals surface area contributed by atoms with Gasteiger partial charge in [-0.15, -0.1) is 0 Å². The largest absolute Gasteiger partial charge is 0.322 e. The van der Waals surface area contributed by atoms with Crippen molar-refractivity contribution in [3.63, 3.8) is 0 Å². The summed E-state index contributed by atoms with van der Waals surface area (Å²) < 4.78 is 0. The summed E-state index contributed by atoms with van der Waals surface area (Å²) in [7, 11) is 0. The summed E-state index contributed by atoms with van der Waals surface area (Å²) in [5, 5.41) is 22.6. The molecule has 1 amide bonds. The Balaban J connectivity index is 1.69. The fraction of sp³-hybridized carbons (Fsp3) is 0.118. The van der Waals surface area contributed by atoms with Crippen LogP contribution in [0.5, 0.6) is 0 Å². The standard InChI is InChI=1S/C17H12N6O/c1-9-13-6-11(3-2-10(13)8-19-9)20-17(24)12-4-5-15-16(14(12)7-18)22-23-21-15/h2-6H,8H2,1H3,(H,20,24)(H,21,22,23). The molecule has 24 heavy (non-hydrogen) atoms. The van der Waals surface area contributed by atoms with E-state index in [9.17, 15) is 10.1 Å². The number of amides is 1. The molecule has 7 nitrogen and oxygen atoms in total. The van der Waals surface area contributed by atoms with Gasteiger partial charge in [0.1, 0.15) is 17.1 Å². The van der Waals surface area contributed by atoms with E-state index >= 15 is 0 Å². The normalized spacial score (nSPS) is 12.6. The van der Waals surface area contributed by atoms with Crippen LogP contribution in [0.25, 0.3) is 11.0 Å². The van der Waals surface area contributed by atoms with Gasteiger partial charge in [-0.05, 0) is 36.8 Å². The maximum atomic E-state index is 12.6. The molecule has 0 unspecified atom stereocenters. The topological polar surface area (TPSA) is 107 Å². The van der Waals surface area contributed by atoms with E-state index in [1.807, 2.05) is 31.2 Å². The van der Waals surface area contributed by atoms with E-state index in [1.165, 1.54) is 0 Å². The lowest BCUT2D eigenvalue weighted by Gasteiger charge is -2.09. The van der Waals surface area contributed by atoms with E-state index in [4.69, 9.17) is 0 Å². The molecule has 2 aromatic carbocycles. The fourth-order valence-corrected chi connectivity index (χ4v) is 2.83. The Kier molecular flexibility index (Phi) is 3.10. The zero-order valence-electron chi connectivity index (χ0n) is 12.8. The number of anilines is 1. The number of hydrogen-bond acceptors (Lipinski definition) is 5. The van der Waals surface area contributed by atoms with Crippen LogP contribution in [0.2, 0.25) is 0 Å². The van der Waals surface area contributed by atoms with Crippen molar-refractivity contribution in [2.24, 2.45) is 4.99 Å². The molecule has 0 aliphatic carbocycles. The number of H-pyrrole nitrogens is 1. The molecule has 4 rings (SSSR count). The van der Waals surface area contributed by atoms with Crippen LogP contribution in [0.3, 0.4) is 0 Å². The molecule has 116 valence electrons. The van der Waals surface area contributed by atoms with Gasteiger partial charge >= 0.3 is 0 Å². The predicted molar refractivity (Wildman–Crippen MR) is 88.9 cm³/mol. The molecule has 2 heterocycles. The molecular formula is C17H12N6O. The van der Waals surface area contributed by atoms with Gasteiger partial charge in [-0.25, -0.2) is 0 Å². The molecule has 0 saturated carbocycles. The smallest absolute Gasteiger partial charge is 0.257 e. The van der Waals surface area contributed by atoms with Crippen LogP contribution in [-0.4, -0.2) is 27.0 Å². The van der Waals surface area contributed by atoms with Crippen molar-refractivity contribution >= 4 is 28.3 Å². The highest BCUT2D eigenvalue weighted by Crippen LogP contribution is 2.24. The van der Waals surface area contributed by atoms with Gasteiger partial charge in [-0.3, -0.25) is 9.79 Å². The van der Waals surface area contributed by atoms with E-state index < -0.39 is 0 Å². The number of rotatable bonds is 2. The molecule has 0 bridgehead atoms. The number of nitriles is 1. The van der Waals surface area contributed by atoms with Crippen molar-refractivity contribution in [2.75, 3.05) is 5.32 Å². The van der Waals surface area contributed by atoms with E-state index in [1.54, 1.807) is 12.1 Å². The van der Waals surface area contributed by atoms with E-state index in [-0.39, 0.29) is 17.0 Å². The van der Waals surface area contributed by atoms with Crippen LogP contribution in [-0.2, 0) is 6.54 Å². The van der Waals surface area contributed by atoms with E-state index in [0.717, 1.165) is 16.8 Å². The number of carbonyl (C=O) groups is 1. The first-order valence-corrected chi connectivity index (χ1v) is 7.36. The Morgan fingerprint density at radius 3 is 3.00 bits per heavy atom. The lowest BCUT2D eigenvalue weighted by molar-refractivity contribution is 0.102. The third kappa shape index (κ3) is 2.13. The summed E-state index contributed by atoms with van der Waals surface area (Å²) in [5.41, 5.74) is 5.23. The Bertz CT molecular complexity index is 1060. The molecule has 7 heteroatoms. The highest BCUT2D eigenvalue weighted by molar-refractivity contribution is 6.09. The van der Waals surface area contributed by atoms with Gasteiger partial charge in [0.2, 0.25) is 0 Å². The Labute approximate surface area is 137 Å². The number of carbonyl (C=O) groups excluding carboxylic acids is 1. The molecule has 0 atom stereocenters. The van der Waals surface area contributed by atoms with Crippen molar-refractivity contribution in [2.45, 2.75) is 13.5 Å². The number of nitrogens with zero attached hydrogens (tertiary/aromatic N) is 4. The molecule has 1 aliphatic rings. The van der Waals surface area contributed by atoms with Crippen molar-refractivity contribution in [3.8, 4) is 6.07 Å². The van der Waals surface area contributed by atoms with Crippen LogP contribution in [0.15, 0.2) is 35.3 Å². The molecule has 0 fully saturated rings. The molecule has 0 radical (unpaired) electrons. The van der Waals surface area contributed by atoms with Gasteiger partial charge in [0.25, 0.3) is 5.91 Å². The van der Waals surface area contributed by atoms with Crippen LogP contribution in [0, 0.1) is 11.3 Å². The van der Waals surface area contributed by atoms with Crippen molar-refractivity contribution < 1.29 is 4.79 Å². The van der Waals surface area contributed by atoms with Crippen LogP contribution >= 0.6 is 0 Å². The van der Waals surface area contributed by atoms with Crippen LogP contribution < -0.4 is 5.32 Å². The number of nitrogens with one attached hydrogen (secondary N) is 2. The average molecular weight is 316 g/mol. The van der Waals surface area contributed by atoms with E-state index in [0.29, 0.717) is 23.3 Å². The molecule has 1 aliphatic heterocycles. The Hall–Kier alpha value is -3.53. The summed E-state index contributed by atoms with van der Waals surface area (Å²) >= 11 is 0. The first-order chi connectivity index (χ1) is 11.7. The summed E-state index contributed by atoms with van der Waals surface area (Å²) in [5.74, 6) is -0.357. The lowest BCUT2D eigenvalue weighted by Crippen LogP contribution is -2.14. The van der Waals surface area contributed by atoms with Crippen molar-refractivity contribution in [3.05, 3.63) is 52.6 Å². The minimum atomic E-state index is -0.357. The second-order valence-electron chi connectivity index (χ2n) is 5.52. The summed E-state index contributed by atoms with van der Waals surface area (Å²) in [4.78, 5) is 17.0. The Morgan fingerprint density at radius 2 is 2.17 bits per heavy atom.